The topological polar surface area (TPSA) is 38.5 Å². The van der Waals surface area contributed by atoms with E-state index in [4.69, 9.17) is 22.1 Å². The average molecular weight is 269 g/mol. The largest absolute Gasteiger partial charge is 0.495 e. The highest BCUT2D eigenvalue weighted by Crippen LogP contribution is 2.27. The number of likely N-dealkylation sites (tertiary alicyclic amines) is 1. The number of aryl methyl sites for hydroxylation is 1. The molecule has 0 amide bonds. The Balaban J connectivity index is 1.96. The van der Waals surface area contributed by atoms with Gasteiger partial charge in [0.15, 0.2) is 0 Å². The Bertz CT molecular complexity index is 424. The molecule has 2 rings (SSSR count). The van der Waals surface area contributed by atoms with Crippen LogP contribution in [0.15, 0.2) is 18.2 Å². The lowest BCUT2D eigenvalue weighted by atomic mass is 9.91. The number of nitrogens with two attached hydrogens (primary N) is 1. The van der Waals surface area contributed by atoms with Gasteiger partial charge >= 0.3 is 0 Å². The Morgan fingerprint density at radius 1 is 1.50 bits per heavy atom. The van der Waals surface area contributed by atoms with Crippen molar-refractivity contribution in [2.75, 3.05) is 27.2 Å². The van der Waals surface area contributed by atoms with Crippen molar-refractivity contribution in [1.29, 1.82) is 0 Å². The molecular weight excluding hydrogens is 248 g/mol. The van der Waals surface area contributed by atoms with Crippen LogP contribution in [0, 0.1) is 0 Å². The van der Waals surface area contributed by atoms with Gasteiger partial charge < -0.3 is 15.4 Å². The molecule has 0 saturated carbocycles. The van der Waals surface area contributed by atoms with Gasteiger partial charge in [0.05, 0.1) is 12.1 Å². The maximum Gasteiger partial charge on any atom is 0.137 e. The van der Waals surface area contributed by atoms with E-state index >= 15 is 0 Å². The summed E-state index contributed by atoms with van der Waals surface area (Å²) in [6, 6.07) is 5.96. The standard InChI is InChI=1S/C14H21ClN2O/c1-17-8-7-14(16,10-17)6-5-11-3-4-13(18-2)12(15)9-11/h3-4,9H,5-8,10,16H2,1-2H3. The number of hydrogen-bond acceptors (Lipinski definition) is 3. The van der Waals surface area contributed by atoms with Crippen LogP contribution in [0.3, 0.4) is 0 Å². The first-order chi connectivity index (χ1) is 8.52. The molecule has 1 heterocycles. The third-order valence-electron chi connectivity index (χ3n) is 3.70. The van der Waals surface area contributed by atoms with Crippen LogP contribution in [0.25, 0.3) is 0 Å². The fraction of sp³-hybridized carbons (Fsp3) is 0.571. The van der Waals surface area contributed by atoms with E-state index in [1.165, 1.54) is 5.56 Å². The minimum absolute atomic E-state index is 0.0405. The summed E-state index contributed by atoms with van der Waals surface area (Å²) in [5.41, 5.74) is 7.57. The number of likely N-dealkylation sites (N-methyl/N-ethyl adjacent to an activating group) is 1. The van der Waals surface area contributed by atoms with Gasteiger partial charge in [-0.05, 0) is 50.6 Å². The smallest absolute Gasteiger partial charge is 0.137 e. The summed E-state index contributed by atoms with van der Waals surface area (Å²) in [6.45, 7) is 2.08. The van der Waals surface area contributed by atoms with Crippen LogP contribution in [0.1, 0.15) is 18.4 Å². The van der Waals surface area contributed by atoms with Crippen LogP contribution in [0.4, 0.5) is 0 Å². The lowest BCUT2D eigenvalue weighted by Gasteiger charge is -2.23. The first kappa shape index (κ1) is 13.7. The van der Waals surface area contributed by atoms with Gasteiger partial charge in [0.25, 0.3) is 0 Å². The molecule has 18 heavy (non-hydrogen) atoms. The van der Waals surface area contributed by atoms with Gasteiger partial charge in [0.2, 0.25) is 0 Å². The van der Waals surface area contributed by atoms with E-state index in [0.29, 0.717) is 5.02 Å². The first-order valence-corrected chi connectivity index (χ1v) is 6.70. The predicted molar refractivity (Wildman–Crippen MR) is 75.4 cm³/mol. The van der Waals surface area contributed by atoms with Crippen LogP contribution in [0.2, 0.25) is 5.02 Å². The van der Waals surface area contributed by atoms with Crippen molar-refractivity contribution in [3.8, 4) is 5.75 Å². The fourth-order valence-corrected chi connectivity index (χ4v) is 2.85. The van der Waals surface area contributed by atoms with Crippen LogP contribution < -0.4 is 10.5 Å². The van der Waals surface area contributed by atoms with E-state index < -0.39 is 0 Å². The summed E-state index contributed by atoms with van der Waals surface area (Å²) in [7, 11) is 3.75. The van der Waals surface area contributed by atoms with Crippen LogP contribution in [-0.4, -0.2) is 37.7 Å². The normalized spacial score (nSPS) is 24.4. The Labute approximate surface area is 114 Å². The van der Waals surface area contributed by atoms with Crippen molar-refractivity contribution in [3.05, 3.63) is 28.8 Å². The van der Waals surface area contributed by atoms with E-state index in [1.54, 1.807) is 7.11 Å². The third-order valence-corrected chi connectivity index (χ3v) is 4.00. The van der Waals surface area contributed by atoms with Crippen molar-refractivity contribution < 1.29 is 4.74 Å². The van der Waals surface area contributed by atoms with Gasteiger partial charge in [-0.3, -0.25) is 0 Å². The maximum atomic E-state index is 6.39. The van der Waals surface area contributed by atoms with Gasteiger partial charge in [0, 0.05) is 12.1 Å². The van der Waals surface area contributed by atoms with Crippen molar-refractivity contribution in [3.63, 3.8) is 0 Å². The zero-order valence-electron chi connectivity index (χ0n) is 11.1. The molecule has 0 spiro atoms. The van der Waals surface area contributed by atoms with Crippen LogP contribution in [-0.2, 0) is 6.42 Å². The summed E-state index contributed by atoms with van der Waals surface area (Å²) in [6.07, 6.45) is 3.04. The monoisotopic (exact) mass is 268 g/mol. The van der Waals surface area contributed by atoms with Crippen LogP contribution >= 0.6 is 11.6 Å². The van der Waals surface area contributed by atoms with Gasteiger partial charge in [0.1, 0.15) is 5.75 Å². The maximum absolute atomic E-state index is 6.39. The summed E-state index contributed by atoms with van der Waals surface area (Å²) in [5, 5.41) is 0.671. The molecule has 1 atom stereocenters. The second-order valence-electron chi connectivity index (χ2n) is 5.32. The first-order valence-electron chi connectivity index (χ1n) is 6.32. The summed E-state index contributed by atoms with van der Waals surface area (Å²) < 4.78 is 5.15. The van der Waals surface area contributed by atoms with Crippen molar-refractivity contribution in [2.24, 2.45) is 5.73 Å². The molecule has 0 bridgehead atoms. The van der Waals surface area contributed by atoms with Crippen molar-refractivity contribution in [1.82, 2.24) is 4.90 Å². The van der Waals surface area contributed by atoms with E-state index in [0.717, 1.165) is 38.1 Å². The van der Waals surface area contributed by atoms with Crippen LogP contribution in [0.5, 0.6) is 5.75 Å². The molecular formula is C14H21ClN2O. The van der Waals surface area contributed by atoms with Crippen molar-refractivity contribution >= 4 is 11.6 Å². The second-order valence-corrected chi connectivity index (χ2v) is 5.73. The lowest BCUT2D eigenvalue weighted by molar-refractivity contribution is 0.354. The lowest BCUT2D eigenvalue weighted by Crippen LogP contribution is -2.42. The summed E-state index contributed by atoms with van der Waals surface area (Å²) in [4.78, 5) is 2.29. The number of methoxy groups -OCH3 is 1. The SMILES string of the molecule is COc1ccc(CCC2(N)CCN(C)C2)cc1Cl. The van der Waals surface area contributed by atoms with Gasteiger partial charge in [-0.1, -0.05) is 17.7 Å². The molecule has 3 nitrogen and oxygen atoms in total. The number of halogens is 1. The third kappa shape index (κ3) is 3.16. The predicted octanol–water partition coefficient (Wildman–Crippen LogP) is 2.31. The second kappa shape index (κ2) is 5.47. The highest BCUT2D eigenvalue weighted by molar-refractivity contribution is 6.32. The summed E-state index contributed by atoms with van der Waals surface area (Å²) >= 11 is 6.12. The molecule has 0 aliphatic carbocycles. The van der Waals surface area contributed by atoms with E-state index in [9.17, 15) is 0 Å². The van der Waals surface area contributed by atoms with E-state index in [-0.39, 0.29) is 5.54 Å². The van der Waals surface area contributed by atoms with Gasteiger partial charge in [-0.15, -0.1) is 0 Å². The zero-order valence-corrected chi connectivity index (χ0v) is 11.8. The quantitative estimate of drug-likeness (QED) is 0.911. The molecule has 1 aromatic carbocycles. The molecule has 1 fully saturated rings. The molecule has 100 valence electrons. The Morgan fingerprint density at radius 3 is 2.83 bits per heavy atom. The minimum atomic E-state index is -0.0405. The molecule has 1 aromatic rings. The fourth-order valence-electron chi connectivity index (χ4n) is 2.57. The number of ether oxygens (including phenoxy) is 1. The highest BCUT2D eigenvalue weighted by Gasteiger charge is 2.31. The highest BCUT2D eigenvalue weighted by atomic mass is 35.5. The number of nitrogens with zero attached hydrogens (tertiary/aromatic N) is 1. The molecule has 1 saturated heterocycles. The molecule has 4 heteroatoms. The van der Waals surface area contributed by atoms with E-state index in [2.05, 4.69) is 18.0 Å². The molecule has 0 aromatic heterocycles. The number of rotatable bonds is 4. The molecule has 1 aliphatic rings. The summed E-state index contributed by atoms with van der Waals surface area (Å²) in [5.74, 6) is 0.725. The Morgan fingerprint density at radius 2 is 2.28 bits per heavy atom. The number of benzene rings is 1. The Kier molecular flexibility index (Phi) is 4.15. The molecule has 2 N–H and O–H groups in total. The van der Waals surface area contributed by atoms with E-state index in [1.807, 2.05) is 12.1 Å². The molecule has 1 unspecified atom stereocenters. The Hall–Kier alpha value is -0.770. The molecule has 1 aliphatic heterocycles. The van der Waals surface area contributed by atoms with Gasteiger partial charge in [-0.2, -0.15) is 0 Å². The zero-order chi connectivity index (χ0) is 13.2. The molecule has 0 radical (unpaired) electrons. The van der Waals surface area contributed by atoms with Gasteiger partial charge in [-0.25, -0.2) is 0 Å². The number of hydrogen-bond donors (Lipinski definition) is 1. The minimum Gasteiger partial charge on any atom is -0.495 e. The van der Waals surface area contributed by atoms with Crippen molar-refractivity contribution in [2.45, 2.75) is 24.8 Å². The average Bonchev–Trinajstić information content (AvgIpc) is 2.68.